The van der Waals surface area contributed by atoms with Crippen molar-refractivity contribution in [1.29, 1.82) is 0 Å². The van der Waals surface area contributed by atoms with Crippen molar-refractivity contribution in [3.8, 4) is 5.75 Å². The van der Waals surface area contributed by atoms with Crippen LogP contribution in [-0.2, 0) is 11.0 Å². The Labute approximate surface area is 200 Å². The van der Waals surface area contributed by atoms with Crippen LogP contribution in [-0.4, -0.2) is 14.9 Å². The average molecular weight is 516 g/mol. The van der Waals surface area contributed by atoms with Gasteiger partial charge in [-0.15, -0.1) is 0 Å². The van der Waals surface area contributed by atoms with Crippen LogP contribution in [0.2, 0.25) is 10.1 Å². The molecule has 31 heavy (non-hydrogen) atoms. The molecular formula is C26H28BrClO2Si. The Morgan fingerprint density at radius 1 is 0.968 bits per heavy atom. The van der Waals surface area contributed by atoms with E-state index in [0.717, 1.165) is 10.0 Å². The highest BCUT2D eigenvalue weighted by Crippen LogP contribution is 2.38. The fourth-order valence-electron chi connectivity index (χ4n) is 3.89. The first-order chi connectivity index (χ1) is 14.8. The van der Waals surface area contributed by atoms with Crippen LogP contribution in [0.3, 0.4) is 0 Å². The van der Waals surface area contributed by atoms with Gasteiger partial charge in [-0.05, 0) is 43.0 Å². The van der Waals surface area contributed by atoms with Crippen LogP contribution in [0.15, 0.2) is 89.9 Å². The largest absolute Gasteiger partial charge is 0.488 e. The zero-order chi connectivity index (χ0) is 22.5. The molecule has 0 heterocycles. The highest BCUT2D eigenvalue weighted by Gasteiger charge is 2.50. The zero-order valence-corrected chi connectivity index (χ0v) is 21.5. The van der Waals surface area contributed by atoms with Crippen molar-refractivity contribution in [2.75, 3.05) is 6.61 Å². The van der Waals surface area contributed by atoms with Crippen molar-refractivity contribution < 1.29 is 9.16 Å². The minimum Gasteiger partial charge on any atom is -0.488 e. The van der Waals surface area contributed by atoms with E-state index in [-0.39, 0.29) is 5.04 Å². The Hall–Kier alpha value is -1.85. The number of benzene rings is 3. The van der Waals surface area contributed by atoms with Crippen molar-refractivity contribution in [3.05, 3.63) is 101 Å². The van der Waals surface area contributed by atoms with Gasteiger partial charge in [-0.3, -0.25) is 0 Å². The average Bonchev–Trinajstić information content (AvgIpc) is 2.75. The lowest BCUT2D eigenvalue weighted by molar-refractivity contribution is 0.286. The quantitative estimate of drug-likeness (QED) is 0.244. The molecule has 0 bridgehead atoms. The number of hydrogen-bond acceptors (Lipinski definition) is 2. The molecule has 3 aromatic rings. The van der Waals surface area contributed by atoms with Gasteiger partial charge in [0.2, 0.25) is 0 Å². The summed E-state index contributed by atoms with van der Waals surface area (Å²) in [5.74, 6) is 0.694. The van der Waals surface area contributed by atoms with Gasteiger partial charge < -0.3 is 9.16 Å². The minimum absolute atomic E-state index is 0.0908. The second-order valence-corrected chi connectivity index (χ2v) is 14.0. The molecule has 0 aliphatic carbocycles. The Morgan fingerprint density at radius 3 is 2.00 bits per heavy atom. The third-order valence-corrected chi connectivity index (χ3v) is 11.3. The van der Waals surface area contributed by atoms with E-state index in [2.05, 4.69) is 91.8 Å². The first-order valence-corrected chi connectivity index (χ1v) is 13.3. The second-order valence-electron chi connectivity index (χ2n) is 8.43. The smallest absolute Gasteiger partial charge is 0.261 e. The molecule has 3 aromatic carbocycles. The van der Waals surface area contributed by atoms with Crippen LogP contribution in [0.4, 0.5) is 0 Å². The van der Waals surface area contributed by atoms with Gasteiger partial charge in [-0.2, -0.15) is 0 Å². The van der Waals surface area contributed by atoms with Gasteiger partial charge in [0.05, 0.1) is 11.1 Å². The van der Waals surface area contributed by atoms with Crippen LogP contribution >= 0.6 is 27.5 Å². The van der Waals surface area contributed by atoms with E-state index < -0.39 is 8.32 Å². The van der Waals surface area contributed by atoms with E-state index in [0.29, 0.717) is 24.0 Å². The highest BCUT2D eigenvalue weighted by atomic mass is 79.9. The van der Waals surface area contributed by atoms with Crippen LogP contribution in [0.25, 0.3) is 0 Å². The fraction of sp³-hybridized carbons (Fsp3) is 0.231. The molecule has 0 saturated heterocycles. The maximum Gasteiger partial charge on any atom is 0.261 e. The van der Waals surface area contributed by atoms with Gasteiger partial charge in [0.15, 0.2) is 0 Å². The Kier molecular flexibility index (Phi) is 7.81. The molecule has 0 aliphatic heterocycles. The van der Waals surface area contributed by atoms with Crippen molar-refractivity contribution in [1.82, 2.24) is 0 Å². The monoisotopic (exact) mass is 514 g/mol. The number of halogens is 2. The topological polar surface area (TPSA) is 18.5 Å². The molecule has 5 heteroatoms. The molecule has 2 nitrogen and oxygen atoms in total. The molecule has 0 radical (unpaired) electrons. The van der Waals surface area contributed by atoms with Gasteiger partial charge in [0, 0.05) is 11.1 Å². The van der Waals surface area contributed by atoms with Gasteiger partial charge in [0.25, 0.3) is 8.32 Å². The molecule has 0 saturated carbocycles. The number of hydrogen-bond donors (Lipinski definition) is 0. The SMILES string of the molecule is C=CCOc1cc(Cl)c(CO[Si](c2ccccc2)(c2ccccc2)C(C)(C)C)cc1Br. The molecule has 0 aromatic heterocycles. The molecule has 0 spiro atoms. The summed E-state index contributed by atoms with van der Waals surface area (Å²) in [5.41, 5.74) is 0.924. The Morgan fingerprint density at radius 2 is 1.52 bits per heavy atom. The van der Waals surface area contributed by atoms with E-state index in [4.69, 9.17) is 20.8 Å². The number of rotatable bonds is 8. The summed E-state index contributed by atoms with van der Waals surface area (Å²) < 4.78 is 13.5. The summed E-state index contributed by atoms with van der Waals surface area (Å²) in [4.78, 5) is 0. The van der Waals surface area contributed by atoms with Gasteiger partial charge in [-0.1, -0.05) is 106 Å². The Bertz CT molecular complexity index is 977. The standard InChI is InChI=1S/C26H28BrClO2Si/c1-5-16-29-25-18-24(28)20(17-23(25)27)19-30-31(26(2,3)4,21-12-8-6-9-13-21)22-14-10-7-11-15-22/h5-15,17-18H,1,16,19H2,2-4H3. The number of ether oxygens (including phenoxy) is 1. The summed E-state index contributed by atoms with van der Waals surface area (Å²) >= 11 is 10.2. The predicted octanol–water partition coefficient (Wildman–Crippen LogP) is 6.74. The van der Waals surface area contributed by atoms with E-state index in [1.165, 1.54) is 10.4 Å². The molecule has 0 unspecified atom stereocenters. The van der Waals surface area contributed by atoms with Crippen molar-refractivity contribution in [2.45, 2.75) is 32.4 Å². The molecule has 0 amide bonds. The summed E-state index contributed by atoms with van der Waals surface area (Å²) in [6.45, 7) is 11.3. The fourth-order valence-corrected chi connectivity index (χ4v) is 9.13. The lowest BCUT2D eigenvalue weighted by atomic mass is 10.2. The molecule has 162 valence electrons. The van der Waals surface area contributed by atoms with Gasteiger partial charge in [0.1, 0.15) is 12.4 Å². The third kappa shape index (κ3) is 5.15. The van der Waals surface area contributed by atoms with E-state index in [9.17, 15) is 0 Å². The predicted molar refractivity (Wildman–Crippen MR) is 137 cm³/mol. The maximum absolute atomic E-state index is 6.99. The first kappa shape index (κ1) is 23.8. The van der Waals surface area contributed by atoms with Crippen LogP contribution in [0.1, 0.15) is 26.3 Å². The van der Waals surface area contributed by atoms with E-state index in [1.54, 1.807) is 6.08 Å². The molecule has 0 fully saturated rings. The minimum atomic E-state index is -2.63. The lowest BCUT2D eigenvalue weighted by Crippen LogP contribution is -2.66. The molecule has 0 N–H and O–H groups in total. The lowest BCUT2D eigenvalue weighted by Gasteiger charge is -2.43. The summed E-state index contributed by atoms with van der Waals surface area (Å²) in [6, 6.07) is 25.0. The Balaban J connectivity index is 2.05. The van der Waals surface area contributed by atoms with Crippen molar-refractivity contribution >= 4 is 46.2 Å². The van der Waals surface area contributed by atoms with Crippen LogP contribution < -0.4 is 15.1 Å². The van der Waals surface area contributed by atoms with Gasteiger partial charge >= 0.3 is 0 Å². The van der Waals surface area contributed by atoms with Gasteiger partial charge in [-0.25, -0.2) is 0 Å². The summed E-state index contributed by atoms with van der Waals surface area (Å²) in [6.07, 6.45) is 1.71. The van der Waals surface area contributed by atoms with E-state index in [1.807, 2.05) is 24.3 Å². The molecule has 3 rings (SSSR count). The second kappa shape index (κ2) is 10.2. The van der Waals surface area contributed by atoms with Crippen molar-refractivity contribution in [2.24, 2.45) is 0 Å². The highest BCUT2D eigenvalue weighted by molar-refractivity contribution is 9.10. The molecular weight excluding hydrogens is 488 g/mol. The van der Waals surface area contributed by atoms with E-state index >= 15 is 0 Å². The summed E-state index contributed by atoms with van der Waals surface area (Å²) in [5, 5.41) is 3.02. The van der Waals surface area contributed by atoms with Crippen LogP contribution in [0.5, 0.6) is 5.75 Å². The summed E-state index contributed by atoms with van der Waals surface area (Å²) in [7, 11) is -2.63. The van der Waals surface area contributed by atoms with Crippen LogP contribution in [0, 0.1) is 0 Å². The van der Waals surface area contributed by atoms with Crippen molar-refractivity contribution in [3.63, 3.8) is 0 Å². The molecule has 0 atom stereocenters. The maximum atomic E-state index is 6.99. The zero-order valence-electron chi connectivity index (χ0n) is 18.2. The molecule has 0 aliphatic rings. The first-order valence-electron chi connectivity index (χ1n) is 10.3. The third-order valence-electron chi connectivity index (χ3n) is 5.32. The normalized spacial score (nSPS) is 11.9.